The van der Waals surface area contributed by atoms with Crippen molar-refractivity contribution >= 4 is 5.96 Å². The minimum absolute atomic E-state index is 0.0339. The molecule has 0 aromatic heterocycles. The first-order valence-corrected chi connectivity index (χ1v) is 10.7. The van der Waals surface area contributed by atoms with E-state index >= 15 is 0 Å². The summed E-state index contributed by atoms with van der Waals surface area (Å²) in [5.74, 6) is 1.70. The Bertz CT molecular complexity index is 791. The van der Waals surface area contributed by atoms with Crippen LogP contribution in [0.3, 0.4) is 0 Å². The average Bonchev–Trinajstić information content (AvgIpc) is 3.34. The van der Waals surface area contributed by atoms with Gasteiger partial charge in [-0.25, -0.2) is 0 Å². The van der Waals surface area contributed by atoms with Gasteiger partial charge in [0.25, 0.3) is 0 Å². The quantitative estimate of drug-likeness (QED) is 0.490. The number of guanidine groups is 1. The van der Waals surface area contributed by atoms with E-state index < -0.39 is 0 Å². The maximum Gasteiger partial charge on any atom is 0.191 e. The molecule has 2 unspecified atom stereocenters. The monoisotopic (exact) mass is 410 g/mol. The van der Waals surface area contributed by atoms with E-state index in [9.17, 15) is 0 Å². The molecule has 1 aliphatic rings. The highest BCUT2D eigenvalue weighted by Gasteiger charge is 2.26. The molecular formula is C24H34N4O2. The number of hydrogen-bond acceptors (Lipinski definition) is 4. The van der Waals surface area contributed by atoms with Gasteiger partial charge in [0, 0.05) is 32.8 Å². The second-order valence-corrected chi connectivity index (χ2v) is 7.47. The van der Waals surface area contributed by atoms with Gasteiger partial charge in [-0.05, 0) is 37.6 Å². The van der Waals surface area contributed by atoms with Gasteiger partial charge in [-0.3, -0.25) is 9.89 Å². The molecule has 2 aromatic carbocycles. The van der Waals surface area contributed by atoms with Gasteiger partial charge in [-0.15, -0.1) is 0 Å². The Hall–Kier alpha value is -2.57. The molecule has 6 heteroatoms. The molecule has 1 fully saturated rings. The van der Waals surface area contributed by atoms with Gasteiger partial charge >= 0.3 is 0 Å². The van der Waals surface area contributed by atoms with Gasteiger partial charge in [0.1, 0.15) is 5.75 Å². The van der Waals surface area contributed by atoms with Crippen molar-refractivity contribution in [2.45, 2.75) is 25.0 Å². The van der Waals surface area contributed by atoms with Crippen molar-refractivity contribution < 1.29 is 9.47 Å². The van der Waals surface area contributed by atoms with Crippen LogP contribution in [0.5, 0.6) is 5.75 Å². The fraction of sp³-hybridized carbons (Fsp3) is 0.458. The van der Waals surface area contributed by atoms with Crippen molar-refractivity contribution in [1.29, 1.82) is 0 Å². The third kappa shape index (κ3) is 5.74. The molecule has 3 rings (SSSR count). The summed E-state index contributed by atoms with van der Waals surface area (Å²) in [4.78, 5) is 6.94. The normalized spacial score (nSPS) is 16.8. The van der Waals surface area contributed by atoms with Crippen LogP contribution in [0.15, 0.2) is 59.6 Å². The van der Waals surface area contributed by atoms with Crippen LogP contribution in [0.4, 0.5) is 0 Å². The van der Waals surface area contributed by atoms with Crippen LogP contribution in [-0.4, -0.2) is 58.3 Å². The first-order chi connectivity index (χ1) is 14.8. The molecule has 1 heterocycles. The molecule has 0 bridgehead atoms. The van der Waals surface area contributed by atoms with Gasteiger partial charge in [0.2, 0.25) is 0 Å². The predicted molar refractivity (Wildman–Crippen MR) is 122 cm³/mol. The third-order valence-corrected chi connectivity index (χ3v) is 5.68. The molecule has 1 saturated heterocycles. The molecule has 1 aliphatic heterocycles. The lowest BCUT2D eigenvalue weighted by atomic mass is 10.0. The van der Waals surface area contributed by atoms with E-state index in [1.807, 2.05) is 30.3 Å². The Labute approximate surface area is 180 Å². The Kier molecular flexibility index (Phi) is 8.53. The van der Waals surface area contributed by atoms with Gasteiger partial charge in [-0.2, -0.15) is 0 Å². The highest BCUT2D eigenvalue weighted by Crippen LogP contribution is 2.31. The fourth-order valence-corrected chi connectivity index (χ4v) is 4.04. The Morgan fingerprint density at radius 1 is 0.967 bits per heavy atom. The lowest BCUT2D eigenvalue weighted by Crippen LogP contribution is -2.44. The summed E-state index contributed by atoms with van der Waals surface area (Å²) < 4.78 is 11.3. The van der Waals surface area contributed by atoms with E-state index in [1.54, 1.807) is 21.3 Å². The van der Waals surface area contributed by atoms with Crippen molar-refractivity contribution in [3.8, 4) is 5.75 Å². The molecular weight excluding hydrogens is 376 g/mol. The molecule has 30 heavy (non-hydrogen) atoms. The summed E-state index contributed by atoms with van der Waals surface area (Å²) in [5.41, 5.74) is 2.36. The molecule has 162 valence electrons. The summed E-state index contributed by atoms with van der Waals surface area (Å²) in [6.45, 7) is 3.61. The predicted octanol–water partition coefficient (Wildman–Crippen LogP) is 3.38. The minimum atomic E-state index is -0.0339. The van der Waals surface area contributed by atoms with Crippen LogP contribution in [0.2, 0.25) is 0 Å². The minimum Gasteiger partial charge on any atom is -0.496 e. The molecule has 0 radical (unpaired) electrons. The molecule has 0 spiro atoms. The Balaban J connectivity index is 1.64. The van der Waals surface area contributed by atoms with Crippen molar-refractivity contribution in [3.63, 3.8) is 0 Å². The second-order valence-electron chi connectivity index (χ2n) is 7.47. The lowest BCUT2D eigenvalue weighted by Gasteiger charge is -2.30. The van der Waals surface area contributed by atoms with Crippen molar-refractivity contribution in [1.82, 2.24) is 15.5 Å². The van der Waals surface area contributed by atoms with E-state index in [4.69, 9.17) is 9.47 Å². The van der Waals surface area contributed by atoms with Crippen molar-refractivity contribution in [3.05, 3.63) is 65.7 Å². The molecule has 2 atom stereocenters. The molecule has 2 aromatic rings. The van der Waals surface area contributed by atoms with Gasteiger partial charge in [0.15, 0.2) is 5.96 Å². The van der Waals surface area contributed by atoms with Crippen LogP contribution in [0.25, 0.3) is 0 Å². The number of nitrogens with one attached hydrogen (secondary N) is 2. The van der Waals surface area contributed by atoms with Gasteiger partial charge < -0.3 is 20.1 Å². The lowest BCUT2D eigenvalue weighted by molar-refractivity contribution is 0.106. The van der Waals surface area contributed by atoms with E-state index in [0.717, 1.165) is 36.9 Å². The number of rotatable bonds is 9. The number of nitrogens with zero attached hydrogens (tertiary/aromatic N) is 2. The second kappa shape index (κ2) is 11.6. The number of ether oxygens (including phenoxy) is 2. The number of likely N-dealkylation sites (tertiary alicyclic amines) is 1. The molecule has 0 saturated carbocycles. The first-order valence-electron chi connectivity index (χ1n) is 10.7. The van der Waals surface area contributed by atoms with Crippen molar-refractivity contribution in [2.24, 2.45) is 4.99 Å². The smallest absolute Gasteiger partial charge is 0.191 e. The maximum atomic E-state index is 5.67. The number of hydrogen-bond donors (Lipinski definition) is 2. The highest BCUT2D eigenvalue weighted by molar-refractivity contribution is 5.79. The summed E-state index contributed by atoms with van der Waals surface area (Å²) in [7, 11) is 5.27. The number of benzene rings is 2. The summed E-state index contributed by atoms with van der Waals surface area (Å²) >= 11 is 0. The van der Waals surface area contributed by atoms with Crippen LogP contribution < -0.4 is 15.4 Å². The number of aliphatic imine (C=N–C) groups is 1. The molecule has 0 aliphatic carbocycles. The Morgan fingerprint density at radius 2 is 1.63 bits per heavy atom. The Morgan fingerprint density at radius 3 is 2.30 bits per heavy atom. The highest BCUT2D eigenvalue weighted by atomic mass is 16.5. The van der Waals surface area contributed by atoms with Crippen LogP contribution in [0, 0.1) is 0 Å². The van der Waals surface area contributed by atoms with E-state index in [-0.39, 0.29) is 12.1 Å². The van der Waals surface area contributed by atoms with Crippen LogP contribution in [0.1, 0.15) is 36.1 Å². The van der Waals surface area contributed by atoms with Crippen molar-refractivity contribution in [2.75, 3.05) is 47.4 Å². The number of methoxy groups -OCH3 is 2. The van der Waals surface area contributed by atoms with E-state index in [0.29, 0.717) is 6.54 Å². The maximum absolute atomic E-state index is 5.67. The first kappa shape index (κ1) is 22.1. The molecule has 0 amide bonds. The summed E-state index contributed by atoms with van der Waals surface area (Å²) in [5, 5.41) is 6.92. The van der Waals surface area contributed by atoms with Gasteiger partial charge in [0.05, 0.1) is 19.3 Å². The summed E-state index contributed by atoms with van der Waals surface area (Å²) in [6, 6.07) is 18.8. The molecule has 2 N–H and O–H groups in total. The zero-order chi connectivity index (χ0) is 21.2. The van der Waals surface area contributed by atoms with Crippen LogP contribution >= 0.6 is 0 Å². The van der Waals surface area contributed by atoms with E-state index in [1.165, 1.54) is 18.4 Å². The summed E-state index contributed by atoms with van der Waals surface area (Å²) in [6.07, 6.45) is 2.45. The molecule has 6 nitrogen and oxygen atoms in total. The average molecular weight is 411 g/mol. The SMILES string of the molecule is CN=C(NCC(OC)c1ccccc1)NCC(c1ccccc1OC)N1CCCC1. The van der Waals surface area contributed by atoms with E-state index in [2.05, 4.69) is 44.8 Å². The zero-order valence-electron chi connectivity index (χ0n) is 18.3. The van der Waals surface area contributed by atoms with Crippen LogP contribution in [-0.2, 0) is 4.74 Å². The fourth-order valence-electron chi connectivity index (χ4n) is 4.04. The largest absolute Gasteiger partial charge is 0.496 e. The third-order valence-electron chi connectivity index (χ3n) is 5.68. The standard InChI is InChI=1S/C24H34N4O2/c1-25-24(27-18-23(30-3)19-11-5-4-6-12-19)26-17-21(28-15-9-10-16-28)20-13-7-8-14-22(20)29-2/h4-8,11-14,21,23H,9-10,15-18H2,1-3H3,(H2,25,26,27). The zero-order valence-corrected chi connectivity index (χ0v) is 18.3. The topological polar surface area (TPSA) is 58.1 Å². The van der Waals surface area contributed by atoms with Gasteiger partial charge in [-0.1, -0.05) is 48.5 Å². The number of para-hydroxylation sites is 1.